The average molecular weight is 441 g/mol. The Labute approximate surface area is 185 Å². The van der Waals surface area contributed by atoms with E-state index in [1.165, 1.54) is 58.5 Å². The van der Waals surface area contributed by atoms with Crippen molar-refractivity contribution in [2.75, 3.05) is 19.0 Å². The molecule has 1 amide bonds. The molecule has 1 atom stereocenters. The summed E-state index contributed by atoms with van der Waals surface area (Å²) in [6, 6.07) is 3.96. The predicted octanol–water partition coefficient (Wildman–Crippen LogP) is 5.64. The van der Waals surface area contributed by atoms with E-state index >= 15 is 0 Å². The Morgan fingerprint density at radius 2 is 1.63 bits per heavy atom. The normalized spacial score (nSPS) is 11.8. The fourth-order valence-electron chi connectivity index (χ4n) is 3.30. The zero-order chi connectivity index (χ0) is 22.2. The van der Waals surface area contributed by atoms with Crippen LogP contribution in [0.25, 0.3) is 0 Å². The van der Waals surface area contributed by atoms with Crippen molar-refractivity contribution in [3.05, 3.63) is 23.2 Å². The molecule has 0 saturated carbocycles. The monoisotopic (exact) mass is 440 g/mol. The summed E-state index contributed by atoms with van der Waals surface area (Å²) < 4.78 is 5.19. The molecule has 1 aromatic rings. The molecule has 3 N–H and O–H groups in total. The maximum Gasteiger partial charge on any atom is 0.321 e. The quantitative estimate of drug-likeness (QED) is 0.273. The Hall–Kier alpha value is -1.79. The van der Waals surface area contributed by atoms with Crippen molar-refractivity contribution in [1.82, 2.24) is 5.32 Å². The number of carboxylic acid groups (broad SMARTS) is 1. The highest BCUT2D eigenvalue weighted by Gasteiger charge is 2.21. The first kappa shape index (κ1) is 26.2. The number of halogens is 1. The Kier molecular flexibility index (Phi) is 14.0. The minimum absolute atomic E-state index is 0.164. The molecule has 170 valence electrons. The third-order valence-corrected chi connectivity index (χ3v) is 5.28. The van der Waals surface area contributed by atoms with Crippen LogP contribution >= 0.6 is 11.6 Å². The highest BCUT2D eigenvalue weighted by atomic mass is 35.5. The average Bonchev–Trinajstić information content (AvgIpc) is 2.71. The number of carbonyl (C=O) groups excluding carboxylic acids is 1. The Bertz CT molecular complexity index is 640. The van der Waals surface area contributed by atoms with Gasteiger partial charge in [0.2, 0.25) is 5.91 Å². The second kappa shape index (κ2) is 16.0. The predicted molar refractivity (Wildman–Crippen MR) is 123 cm³/mol. The molecule has 30 heavy (non-hydrogen) atoms. The standard InChI is InChI=1S/C23H37ClN2O4/c1-3-4-5-6-7-8-9-10-11-12-15-25-20(23(28)29)17-22(27)26-19-16-18(24)13-14-21(19)30-2/h13-14,16,20,25H,3-12,15,17H2,1-2H3,(H,26,27)(H,28,29). The van der Waals surface area contributed by atoms with Crippen LogP contribution in [-0.2, 0) is 9.59 Å². The lowest BCUT2D eigenvalue weighted by molar-refractivity contribution is -0.141. The number of nitrogens with one attached hydrogen (secondary N) is 2. The minimum atomic E-state index is -1.03. The molecule has 7 heteroatoms. The first-order valence-electron chi connectivity index (χ1n) is 11.1. The van der Waals surface area contributed by atoms with E-state index in [1.54, 1.807) is 18.2 Å². The van der Waals surface area contributed by atoms with E-state index in [-0.39, 0.29) is 6.42 Å². The molecule has 0 aliphatic carbocycles. The van der Waals surface area contributed by atoms with Crippen LogP contribution in [0.2, 0.25) is 5.02 Å². The van der Waals surface area contributed by atoms with E-state index in [0.717, 1.165) is 12.8 Å². The molecule has 0 bridgehead atoms. The van der Waals surface area contributed by atoms with Crippen LogP contribution in [0.4, 0.5) is 5.69 Å². The number of unbranched alkanes of at least 4 members (excludes halogenated alkanes) is 9. The fraction of sp³-hybridized carbons (Fsp3) is 0.652. The van der Waals surface area contributed by atoms with Gasteiger partial charge < -0.3 is 20.5 Å². The fourth-order valence-corrected chi connectivity index (χ4v) is 3.47. The van der Waals surface area contributed by atoms with Gasteiger partial charge in [-0.3, -0.25) is 9.59 Å². The summed E-state index contributed by atoms with van der Waals surface area (Å²) in [5.41, 5.74) is 0.425. The Morgan fingerprint density at radius 3 is 2.20 bits per heavy atom. The molecule has 1 aromatic carbocycles. The summed E-state index contributed by atoms with van der Waals surface area (Å²) in [6.07, 6.45) is 12.1. The van der Waals surface area contributed by atoms with E-state index in [1.807, 2.05) is 0 Å². The number of benzene rings is 1. The summed E-state index contributed by atoms with van der Waals surface area (Å²) in [5.74, 6) is -0.966. The van der Waals surface area contributed by atoms with E-state index in [4.69, 9.17) is 16.3 Å². The summed E-state index contributed by atoms with van der Waals surface area (Å²) in [7, 11) is 1.49. The molecule has 0 fully saturated rings. The summed E-state index contributed by atoms with van der Waals surface area (Å²) in [6.45, 7) is 2.81. The largest absolute Gasteiger partial charge is 0.495 e. The van der Waals surface area contributed by atoms with Crippen LogP contribution < -0.4 is 15.4 Å². The van der Waals surface area contributed by atoms with Crippen LogP contribution in [-0.4, -0.2) is 36.7 Å². The first-order chi connectivity index (χ1) is 14.5. The number of methoxy groups -OCH3 is 1. The van der Waals surface area contributed by atoms with Crippen molar-refractivity contribution in [2.24, 2.45) is 0 Å². The summed E-state index contributed by atoms with van der Waals surface area (Å²) in [5, 5.41) is 15.5. The zero-order valence-corrected chi connectivity index (χ0v) is 19.1. The number of amides is 1. The highest BCUT2D eigenvalue weighted by Crippen LogP contribution is 2.27. The van der Waals surface area contributed by atoms with Gasteiger partial charge in [-0.25, -0.2) is 0 Å². The smallest absolute Gasteiger partial charge is 0.321 e. The van der Waals surface area contributed by atoms with Gasteiger partial charge in [0, 0.05) is 5.02 Å². The SMILES string of the molecule is CCCCCCCCCCCCNC(CC(=O)Nc1cc(Cl)ccc1OC)C(=O)O. The molecule has 1 rings (SSSR count). The molecule has 0 aliphatic heterocycles. The van der Waals surface area contributed by atoms with Gasteiger partial charge in [0.1, 0.15) is 11.8 Å². The maximum atomic E-state index is 12.3. The molecule has 0 spiro atoms. The van der Waals surface area contributed by atoms with Gasteiger partial charge in [-0.15, -0.1) is 0 Å². The van der Waals surface area contributed by atoms with Gasteiger partial charge in [0.25, 0.3) is 0 Å². The van der Waals surface area contributed by atoms with Crippen LogP contribution in [0.15, 0.2) is 18.2 Å². The lowest BCUT2D eigenvalue weighted by Crippen LogP contribution is -2.40. The molecule has 0 aliphatic rings. The van der Waals surface area contributed by atoms with Crippen molar-refractivity contribution < 1.29 is 19.4 Å². The third kappa shape index (κ3) is 11.4. The lowest BCUT2D eigenvalue weighted by atomic mass is 10.1. The van der Waals surface area contributed by atoms with E-state index in [0.29, 0.717) is 23.0 Å². The van der Waals surface area contributed by atoms with Gasteiger partial charge in [0.05, 0.1) is 19.2 Å². The van der Waals surface area contributed by atoms with Gasteiger partial charge in [-0.1, -0.05) is 76.3 Å². The van der Waals surface area contributed by atoms with E-state index in [2.05, 4.69) is 17.6 Å². The first-order valence-corrected chi connectivity index (χ1v) is 11.4. The van der Waals surface area contributed by atoms with Crippen molar-refractivity contribution in [2.45, 2.75) is 83.6 Å². The van der Waals surface area contributed by atoms with Crippen LogP contribution in [0, 0.1) is 0 Å². The van der Waals surface area contributed by atoms with Crippen LogP contribution in [0.3, 0.4) is 0 Å². The number of rotatable bonds is 17. The number of hydrogen-bond donors (Lipinski definition) is 3. The lowest BCUT2D eigenvalue weighted by Gasteiger charge is -2.15. The number of hydrogen-bond acceptors (Lipinski definition) is 4. The van der Waals surface area contributed by atoms with Gasteiger partial charge in [-0.05, 0) is 31.2 Å². The molecular formula is C23H37ClN2O4. The number of ether oxygens (including phenoxy) is 1. The minimum Gasteiger partial charge on any atom is -0.495 e. The second-order valence-electron chi connectivity index (χ2n) is 7.62. The number of carbonyl (C=O) groups is 2. The molecular weight excluding hydrogens is 404 g/mol. The summed E-state index contributed by atoms with van der Waals surface area (Å²) >= 11 is 5.96. The zero-order valence-electron chi connectivity index (χ0n) is 18.3. The van der Waals surface area contributed by atoms with Crippen molar-refractivity contribution >= 4 is 29.2 Å². The van der Waals surface area contributed by atoms with Crippen molar-refractivity contribution in [3.63, 3.8) is 0 Å². The number of anilines is 1. The van der Waals surface area contributed by atoms with Gasteiger partial charge in [0.15, 0.2) is 0 Å². The molecule has 0 radical (unpaired) electrons. The van der Waals surface area contributed by atoms with E-state index < -0.39 is 17.9 Å². The second-order valence-corrected chi connectivity index (χ2v) is 8.06. The molecule has 0 heterocycles. The molecule has 0 aromatic heterocycles. The van der Waals surface area contributed by atoms with Gasteiger partial charge >= 0.3 is 5.97 Å². The van der Waals surface area contributed by atoms with Crippen LogP contribution in [0.1, 0.15) is 77.6 Å². The van der Waals surface area contributed by atoms with Gasteiger partial charge in [-0.2, -0.15) is 0 Å². The highest BCUT2D eigenvalue weighted by molar-refractivity contribution is 6.31. The Balaban J connectivity index is 2.26. The Morgan fingerprint density at radius 1 is 1.03 bits per heavy atom. The topological polar surface area (TPSA) is 87.7 Å². The third-order valence-electron chi connectivity index (χ3n) is 5.04. The van der Waals surface area contributed by atoms with Crippen LogP contribution in [0.5, 0.6) is 5.75 Å². The summed E-state index contributed by atoms with van der Waals surface area (Å²) in [4.78, 5) is 23.8. The molecule has 0 saturated heterocycles. The van der Waals surface area contributed by atoms with Crippen molar-refractivity contribution in [1.29, 1.82) is 0 Å². The maximum absolute atomic E-state index is 12.3. The van der Waals surface area contributed by atoms with Crippen molar-refractivity contribution in [3.8, 4) is 5.75 Å². The molecule has 6 nitrogen and oxygen atoms in total. The molecule has 1 unspecified atom stereocenters. The number of aliphatic carboxylic acids is 1. The van der Waals surface area contributed by atoms with E-state index in [9.17, 15) is 14.7 Å². The number of carboxylic acids is 1.